The molecule has 0 atom stereocenters. The lowest BCUT2D eigenvalue weighted by Crippen LogP contribution is -2.52. The van der Waals surface area contributed by atoms with Crippen LogP contribution in [-0.2, 0) is 0 Å². The molecule has 0 aromatic carbocycles. The van der Waals surface area contributed by atoms with Crippen molar-refractivity contribution in [3.05, 3.63) is 6.33 Å². The number of hydrogen-bond donors (Lipinski definition) is 0. The molecule has 0 amide bonds. The molecular weight excluding hydrogens is 222 g/mol. The normalized spacial score (nSPS) is 11.7. The third-order valence-corrected chi connectivity index (χ3v) is 9.92. The monoisotopic (exact) mass is 243 g/mol. The molecule has 3 nitrogen and oxygen atoms in total. The fourth-order valence-corrected chi connectivity index (χ4v) is 7.28. The van der Waals surface area contributed by atoms with Gasteiger partial charge >= 0.3 is 0 Å². The van der Waals surface area contributed by atoms with E-state index in [9.17, 15) is 0 Å². The van der Waals surface area contributed by atoms with Crippen LogP contribution in [-0.4, -0.2) is 24.1 Å². The molecule has 0 N–H and O–H groups in total. The van der Waals surface area contributed by atoms with Crippen molar-refractivity contribution in [3.8, 4) is 0 Å². The first-order chi connectivity index (χ1) is 7.24. The highest BCUT2D eigenvalue weighted by Gasteiger charge is 2.35. The van der Waals surface area contributed by atoms with Crippen LogP contribution in [0, 0.1) is 0 Å². The Balaban J connectivity index is 2.98. The zero-order valence-electron chi connectivity index (χ0n) is 10.2. The number of anilines is 1. The van der Waals surface area contributed by atoms with E-state index in [0.29, 0.717) is 0 Å². The summed E-state index contributed by atoms with van der Waals surface area (Å²) in [5.41, 5.74) is 0. The van der Waals surface area contributed by atoms with Gasteiger partial charge in [-0.05, 0) is 25.1 Å². The van der Waals surface area contributed by atoms with Crippen LogP contribution in [0.5, 0.6) is 0 Å². The largest absolute Gasteiger partial charge is 0.373 e. The molecule has 0 bridgehead atoms. The molecule has 0 saturated heterocycles. The molecular formula is C10H21N3SSi. The molecule has 1 heterocycles. The van der Waals surface area contributed by atoms with Gasteiger partial charge in [0.05, 0.1) is 0 Å². The van der Waals surface area contributed by atoms with Gasteiger partial charge in [0.25, 0.3) is 0 Å². The van der Waals surface area contributed by atoms with E-state index in [1.165, 1.54) is 29.7 Å². The first kappa shape index (κ1) is 12.6. The van der Waals surface area contributed by atoms with Gasteiger partial charge in [-0.25, -0.2) is 4.98 Å². The second-order valence-electron chi connectivity index (χ2n) is 3.75. The van der Waals surface area contributed by atoms with E-state index in [1.807, 2.05) is 0 Å². The SMILES string of the molecule is CCN(c1ncns1)[Si](CC)(CC)CC. The molecule has 0 fully saturated rings. The smallest absolute Gasteiger partial charge is 0.196 e. The van der Waals surface area contributed by atoms with E-state index in [-0.39, 0.29) is 0 Å². The standard InChI is InChI=1S/C10H21N3SSi/c1-5-13(10-11-9-12-14-10)15(6-2,7-3)8-4/h9H,5-8H2,1-4H3. The summed E-state index contributed by atoms with van der Waals surface area (Å²) in [6.45, 7) is 10.3. The van der Waals surface area contributed by atoms with Crippen LogP contribution in [0.4, 0.5) is 5.13 Å². The Hall–Kier alpha value is -0.423. The lowest BCUT2D eigenvalue weighted by atomic mass is 10.8. The van der Waals surface area contributed by atoms with Gasteiger partial charge in [-0.15, -0.1) is 0 Å². The van der Waals surface area contributed by atoms with Crippen LogP contribution in [0.15, 0.2) is 6.33 Å². The summed E-state index contributed by atoms with van der Waals surface area (Å²) in [6.07, 6.45) is 1.67. The molecule has 1 aromatic rings. The van der Waals surface area contributed by atoms with Crippen molar-refractivity contribution < 1.29 is 0 Å². The van der Waals surface area contributed by atoms with Crippen LogP contribution >= 0.6 is 11.5 Å². The average molecular weight is 243 g/mol. The topological polar surface area (TPSA) is 29.0 Å². The highest BCUT2D eigenvalue weighted by atomic mass is 32.1. The van der Waals surface area contributed by atoms with E-state index in [4.69, 9.17) is 0 Å². The average Bonchev–Trinajstić information content (AvgIpc) is 2.79. The number of nitrogens with zero attached hydrogens (tertiary/aromatic N) is 3. The second kappa shape index (κ2) is 5.60. The predicted molar refractivity (Wildman–Crippen MR) is 70.1 cm³/mol. The fraction of sp³-hybridized carbons (Fsp3) is 0.800. The zero-order chi connectivity index (χ0) is 11.3. The fourth-order valence-electron chi connectivity index (χ4n) is 2.28. The van der Waals surface area contributed by atoms with Crippen molar-refractivity contribution >= 4 is 24.9 Å². The van der Waals surface area contributed by atoms with Gasteiger partial charge in [-0.3, -0.25) is 0 Å². The first-order valence-corrected chi connectivity index (χ1v) is 9.12. The van der Waals surface area contributed by atoms with Crippen molar-refractivity contribution in [1.29, 1.82) is 0 Å². The number of rotatable bonds is 6. The minimum atomic E-state index is -1.31. The second-order valence-corrected chi connectivity index (χ2v) is 9.62. The van der Waals surface area contributed by atoms with Crippen molar-refractivity contribution in [2.24, 2.45) is 0 Å². The zero-order valence-corrected chi connectivity index (χ0v) is 12.0. The van der Waals surface area contributed by atoms with Crippen LogP contribution in [0.1, 0.15) is 27.7 Å². The van der Waals surface area contributed by atoms with Crippen molar-refractivity contribution in [2.45, 2.75) is 45.8 Å². The van der Waals surface area contributed by atoms with E-state index in [0.717, 1.165) is 11.7 Å². The Labute approximate surface area is 97.8 Å². The van der Waals surface area contributed by atoms with Gasteiger partial charge in [0, 0.05) is 18.1 Å². The maximum absolute atomic E-state index is 4.37. The van der Waals surface area contributed by atoms with Gasteiger partial charge < -0.3 is 4.57 Å². The Morgan fingerprint density at radius 1 is 1.20 bits per heavy atom. The summed E-state index contributed by atoms with van der Waals surface area (Å²) in [5, 5.41) is 1.12. The van der Waals surface area contributed by atoms with Crippen molar-refractivity contribution in [1.82, 2.24) is 9.36 Å². The van der Waals surface area contributed by atoms with Crippen LogP contribution in [0.2, 0.25) is 18.1 Å². The Bertz CT molecular complexity index is 264. The number of aromatic nitrogens is 2. The summed E-state index contributed by atoms with van der Waals surface area (Å²) >= 11 is 1.53. The van der Waals surface area contributed by atoms with Crippen LogP contribution in [0.3, 0.4) is 0 Å². The molecule has 5 heteroatoms. The minimum Gasteiger partial charge on any atom is -0.373 e. The van der Waals surface area contributed by atoms with E-state index in [1.54, 1.807) is 6.33 Å². The summed E-state index contributed by atoms with van der Waals surface area (Å²) < 4.78 is 6.66. The minimum absolute atomic E-state index is 1.07. The van der Waals surface area contributed by atoms with E-state index >= 15 is 0 Å². The Morgan fingerprint density at radius 3 is 2.13 bits per heavy atom. The maximum atomic E-state index is 4.37. The quantitative estimate of drug-likeness (QED) is 0.717. The Morgan fingerprint density at radius 2 is 1.80 bits per heavy atom. The molecule has 0 unspecified atom stereocenters. The molecule has 1 aromatic heterocycles. The van der Waals surface area contributed by atoms with Gasteiger partial charge in [-0.1, -0.05) is 20.8 Å². The molecule has 0 aliphatic carbocycles. The predicted octanol–water partition coefficient (Wildman–Crippen LogP) is 3.37. The Kier molecular flexibility index (Phi) is 4.72. The molecule has 1 rings (SSSR count). The van der Waals surface area contributed by atoms with Crippen molar-refractivity contribution in [3.63, 3.8) is 0 Å². The van der Waals surface area contributed by atoms with Gasteiger partial charge in [0.1, 0.15) is 6.33 Å². The lowest BCUT2D eigenvalue weighted by Gasteiger charge is -2.39. The summed E-state index contributed by atoms with van der Waals surface area (Å²) in [7, 11) is -1.31. The lowest BCUT2D eigenvalue weighted by molar-refractivity contribution is 0.976. The van der Waals surface area contributed by atoms with Crippen LogP contribution in [0.25, 0.3) is 0 Å². The van der Waals surface area contributed by atoms with Gasteiger partial charge in [0.15, 0.2) is 13.4 Å². The van der Waals surface area contributed by atoms with Gasteiger partial charge in [0.2, 0.25) is 0 Å². The molecule has 0 saturated carbocycles. The molecule has 15 heavy (non-hydrogen) atoms. The van der Waals surface area contributed by atoms with Gasteiger partial charge in [-0.2, -0.15) is 4.37 Å². The molecule has 0 spiro atoms. The molecule has 0 aliphatic heterocycles. The van der Waals surface area contributed by atoms with Crippen LogP contribution < -0.4 is 4.57 Å². The van der Waals surface area contributed by atoms with E-state index < -0.39 is 8.24 Å². The summed E-state index contributed by atoms with van der Waals surface area (Å²) in [6, 6.07) is 3.90. The highest BCUT2D eigenvalue weighted by Crippen LogP contribution is 2.30. The van der Waals surface area contributed by atoms with E-state index in [2.05, 4.69) is 41.6 Å². The molecule has 0 radical (unpaired) electrons. The first-order valence-electron chi connectivity index (χ1n) is 5.78. The third-order valence-electron chi connectivity index (χ3n) is 3.44. The van der Waals surface area contributed by atoms with Crippen molar-refractivity contribution in [2.75, 3.05) is 11.1 Å². The maximum Gasteiger partial charge on any atom is 0.196 e. The summed E-state index contributed by atoms with van der Waals surface area (Å²) in [4.78, 5) is 4.37. The number of hydrogen-bond acceptors (Lipinski definition) is 4. The molecule has 0 aliphatic rings. The highest BCUT2D eigenvalue weighted by molar-refractivity contribution is 7.11. The summed E-state index contributed by atoms with van der Waals surface area (Å²) in [5.74, 6) is 0. The third kappa shape index (κ3) is 2.39. The molecule has 86 valence electrons.